The van der Waals surface area contributed by atoms with Crippen molar-refractivity contribution in [1.82, 2.24) is 10.6 Å². The van der Waals surface area contributed by atoms with Crippen LogP contribution in [0, 0.1) is 12.3 Å². The summed E-state index contributed by atoms with van der Waals surface area (Å²) in [7, 11) is 0. The summed E-state index contributed by atoms with van der Waals surface area (Å²) in [5.41, 5.74) is 0. The molecule has 0 rings (SSSR count). The van der Waals surface area contributed by atoms with E-state index in [1.54, 1.807) is 5.32 Å². The van der Waals surface area contributed by atoms with Crippen LogP contribution >= 0.6 is 0 Å². The van der Waals surface area contributed by atoms with Gasteiger partial charge in [0.25, 0.3) is 0 Å². The van der Waals surface area contributed by atoms with Crippen LogP contribution in [0.5, 0.6) is 0 Å². The van der Waals surface area contributed by atoms with E-state index in [2.05, 4.69) is 11.2 Å². The first-order valence-corrected chi connectivity index (χ1v) is 3.97. The van der Waals surface area contributed by atoms with E-state index in [1.807, 2.05) is 0 Å². The van der Waals surface area contributed by atoms with E-state index in [-0.39, 0.29) is 6.54 Å². The zero-order valence-corrected chi connectivity index (χ0v) is 7.45. The van der Waals surface area contributed by atoms with E-state index in [4.69, 9.17) is 6.42 Å². The van der Waals surface area contributed by atoms with E-state index >= 15 is 0 Å². The number of unbranched alkanes of at least 4 members (excludes halogenated alkanes) is 1. The average Bonchev–Trinajstić information content (AvgIpc) is 2.08. The van der Waals surface area contributed by atoms with Gasteiger partial charge in [-0.05, 0) is 6.42 Å². The molecule has 0 atom stereocenters. The SMILES string of the molecule is C#CCCCNC(=O)NCC(F)(F)F. The fourth-order valence-corrected chi connectivity index (χ4v) is 0.635. The highest BCUT2D eigenvalue weighted by atomic mass is 19.4. The predicted molar refractivity (Wildman–Crippen MR) is 45.5 cm³/mol. The fraction of sp³-hybridized carbons (Fsp3) is 0.625. The minimum absolute atomic E-state index is 0.272. The molecule has 6 heteroatoms. The standard InChI is InChI=1S/C8H11F3N2O/c1-2-3-4-5-12-7(14)13-6-8(9,10)11/h1H,3-6H2,(H2,12,13,14). The van der Waals surface area contributed by atoms with Gasteiger partial charge in [0.15, 0.2) is 0 Å². The third-order valence-electron chi connectivity index (χ3n) is 1.23. The van der Waals surface area contributed by atoms with Crippen molar-refractivity contribution in [3.8, 4) is 12.3 Å². The van der Waals surface area contributed by atoms with Crippen molar-refractivity contribution in [3.63, 3.8) is 0 Å². The number of terminal acetylenes is 1. The zero-order valence-electron chi connectivity index (χ0n) is 7.45. The van der Waals surface area contributed by atoms with Gasteiger partial charge in [-0.3, -0.25) is 0 Å². The summed E-state index contributed by atoms with van der Waals surface area (Å²) in [6.07, 6.45) is 1.59. The molecule has 0 saturated carbocycles. The normalized spacial score (nSPS) is 10.4. The Kier molecular flexibility index (Phi) is 5.53. The summed E-state index contributed by atoms with van der Waals surface area (Å²) >= 11 is 0. The zero-order chi connectivity index (χ0) is 11.0. The highest BCUT2D eigenvalue weighted by molar-refractivity contribution is 5.73. The Bertz CT molecular complexity index is 220. The fourth-order valence-electron chi connectivity index (χ4n) is 0.635. The molecule has 80 valence electrons. The lowest BCUT2D eigenvalue weighted by Crippen LogP contribution is -2.41. The molecule has 0 spiro atoms. The molecule has 0 aromatic heterocycles. The molecule has 3 nitrogen and oxygen atoms in total. The lowest BCUT2D eigenvalue weighted by atomic mass is 10.3. The van der Waals surface area contributed by atoms with Crippen LogP contribution in [0.25, 0.3) is 0 Å². The molecule has 0 aliphatic heterocycles. The quantitative estimate of drug-likeness (QED) is 0.530. The smallest absolute Gasteiger partial charge is 0.338 e. The van der Waals surface area contributed by atoms with E-state index < -0.39 is 18.8 Å². The third kappa shape index (κ3) is 8.71. The number of carbonyl (C=O) groups is 1. The highest BCUT2D eigenvalue weighted by Gasteiger charge is 2.27. The van der Waals surface area contributed by atoms with Gasteiger partial charge in [-0.1, -0.05) is 0 Å². The van der Waals surface area contributed by atoms with Crippen molar-refractivity contribution in [1.29, 1.82) is 0 Å². The number of carbonyl (C=O) groups excluding carboxylic acids is 1. The van der Waals surface area contributed by atoms with Crippen molar-refractivity contribution in [2.24, 2.45) is 0 Å². The van der Waals surface area contributed by atoms with Crippen LogP contribution in [-0.4, -0.2) is 25.3 Å². The average molecular weight is 208 g/mol. The number of nitrogens with one attached hydrogen (secondary N) is 2. The maximum Gasteiger partial charge on any atom is 0.405 e. The van der Waals surface area contributed by atoms with E-state index in [1.165, 1.54) is 0 Å². The van der Waals surface area contributed by atoms with Crippen molar-refractivity contribution in [2.75, 3.05) is 13.1 Å². The number of hydrogen-bond acceptors (Lipinski definition) is 1. The second-order valence-corrected chi connectivity index (χ2v) is 2.53. The minimum Gasteiger partial charge on any atom is -0.338 e. The van der Waals surface area contributed by atoms with Crippen LogP contribution in [0.3, 0.4) is 0 Å². The van der Waals surface area contributed by atoms with E-state index in [0.717, 1.165) is 0 Å². The minimum atomic E-state index is -4.38. The van der Waals surface area contributed by atoms with Crippen LogP contribution in [-0.2, 0) is 0 Å². The monoisotopic (exact) mass is 208 g/mol. The molecular weight excluding hydrogens is 197 g/mol. The highest BCUT2D eigenvalue weighted by Crippen LogP contribution is 2.11. The molecule has 0 aliphatic carbocycles. The second-order valence-electron chi connectivity index (χ2n) is 2.53. The van der Waals surface area contributed by atoms with Gasteiger partial charge < -0.3 is 10.6 Å². The van der Waals surface area contributed by atoms with Crippen molar-refractivity contribution in [3.05, 3.63) is 0 Å². The summed E-state index contributed by atoms with van der Waals surface area (Å²) in [6, 6.07) is -0.834. The number of halogens is 3. The number of urea groups is 1. The Hall–Kier alpha value is -1.38. The number of alkyl halides is 3. The predicted octanol–water partition coefficient (Wildman–Crippen LogP) is 1.26. The van der Waals surface area contributed by atoms with Crippen LogP contribution in [0.4, 0.5) is 18.0 Å². The van der Waals surface area contributed by atoms with Gasteiger partial charge in [0.05, 0.1) is 0 Å². The molecule has 0 radical (unpaired) electrons. The maximum absolute atomic E-state index is 11.6. The van der Waals surface area contributed by atoms with E-state index in [0.29, 0.717) is 12.8 Å². The third-order valence-corrected chi connectivity index (χ3v) is 1.23. The topological polar surface area (TPSA) is 41.1 Å². The molecule has 2 N–H and O–H groups in total. The summed E-state index contributed by atoms with van der Waals surface area (Å²) in [6.45, 7) is -1.05. The molecule has 0 aromatic rings. The molecular formula is C8H11F3N2O. The number of hydrogen-bond donors (Lipinski definition) is 2. The maximum atomic E-state index is 11.6. The van der Waals surface area contributed by atoms with Crippen LogP contribution < -0.4 is 10.6 Å². The molecule has 0 aliphatic rings. The molecule has 2 amide bonds. The lowest BCUT2D eigenvalue weighted by Gasteiger charge is -2.08. The van der Waals surface area contributed by atoms with Crippen molar-refractivity contribution >= 4 is 6.03 Å². The molecule has 0 heterocycles. The Morgan fingerprint density at radius 3 is 2.50 bits per heavy atom. The van der Waals surface area contributed by atoms with Gasteiger partial charge in [-0.15, -0.1) is 12.3 Å². The summed E-state index contributed by atoms with van der Waals surface area (Å²) in [4.78, 5) is 10.7. The summed E-state index contributed by atoms with van der Waals surface area (Å²) in [5, 5.41) is 3.92. The van der Waals surface area contributed by atoms with Gasteiger partial charge in [-0.25, -0.2) is 4.79 Å². The molecule has 0 saturated heterocycles. The largest absolute Gasteiger partial charge is 0.405 e. The molecule has 0 bridgehead atoms. The van der Waals surface area contributed by atoms with Gasteiger partial charge in [0.2, 0.25) is 0 Å². The van der Waals surface area contributed by atoms with Gasteiger partial charge in [0, 0.05) is 13.0 Å². The van der Waals surface area contributed by atoms with Crippen LogP contribution in [0.2, 0.25) is 0 Å². The van der Waals surface area contributed by atoms with Gasteiger partial charge >= 0.3 is 12.2 Å². The van der Waals surface area contributed by atoms with Crippen LogP contribution in [0.1, 0.15) is 12.8 Å². The first-order valence-electron chi connectivity index (χ1n) is 3.97. The first-order chi connectivity index (χ1) is 6.45. The van der Waals surface area contributed by atoms with E-state index in [9.17, 15) is 18.0 Å². The Morgan fingerprint density at radius 1 is 1.36 bits per heavy atom. The Balaban J connectivity index is 3.43. The first kappa shape index (κ1) is 12.6. The van der Waals surface area contributed by atoms with Crippen molar-refractivity contribution < 1.29 is 18.0 Å². The molecule has 0 aromatic carbocycles. The van der Waals surface area contributed by atoms with Gasteiger partial charge in [-0.2, -0.15) is 13.2 Å². The molecule has 0 fully saturated rings. The lowest BCUT2D eigenvalue weighted by molar-refractivity contribution is -0.122. The number of rotatable bonds is 4. The van der Waals surface area contributed by atoms with Crippen molar-refractivity contribution in [2.45, 2.75) is 19.0 Å². The Labute approximate surface area is 80.1 Å². The second kappa shape index (κ2) is 6.13. The van der Waals surface area contributed by atoms with Gasteiger partial charge in [0.1, 0.15) is 6.54 Å². The summed E-state index contributed by atoms with van der Waals surface area (Å²) in [5.74, 6) is 2.35. The Morgan fingerprint density at radius 2 is 2.00 bits per heavy atom. The molecule has 0 unspecified atom stereocenters. The van der Waals surface area contributed by atoms with Crippen LogP contribution in [0.15, 0.2) is 0 Å². The molecule has 14 heavy (non-hydrogen) atoms. The number of amides is 2. The summed E-state index contributed by atoms with van der Waals surface area (Å²) < 4.78 is 34.8.